The lowest BCUT2D eigenvalue weighted by Crippen LogP contribution is -1.88. The Balaban J connectivity index is 2.56. The fraction of sp³-hybridized carbons (Fsp3) is 0.333. The molecular formula is C6H7ClN2OS. The number of aliphatic hydroxyl groups excluding tert-OH is 1. The van der Waals surface area contributed by atoms with E-state index in [1.807, 2.05) is 0 Å². The summed E-state index contributed by atoms with van der Waals surface area (Å²) in [5, 5.41) is 9.62. The average Bonchev–Trinajstić information content (AvgIpc) is 2.01. The zero-order valence-electron chi connectivity index (χ0n) is 5.70. The third-order valence-electron chi connectivity index (χ3n) is 0.924. The van der Waals surface area contributed by atoms with Crippen LogP contribution >= 0.6 is 23.4 Å². The number of aromatic nitrogens is 2. The molecule has 0 unspecified atom stereocenters. The molecule has 0 radical (unpaired) electrons. The normalized spacial score (nSPS) is 10.0. The molecule has 1 heterocycles. The minimum Gasteiger partial charge on any atom is -0.396 e. The predicted octanol–water partition coefficient (Wildman–Crippen LogP) is 1.21. The van der Waals surface area contributed by atoms with Crippen molar-refractivity contribution in [3.63, 3.8) is 0 Å². The first-order chi connectivity index (χ1) is 5.33. The van der Waals surface area contributed by atoms with Crippen molar-refractivity contribution in [2.45, 2.75) is 5.03 Å². The summed E-state index contributed by atoms with van der Waals surface area (Å²) in [6, 6.07) is 0. The minimum absolute atomic E-state index is 0.138. The zero-order valence-corrected chi connectivity index (χ0v) is 7.27. The van der Waals surface area contributed by atoms with Gasteiger partial charge >= 0.3 is 0 Å². The summed E-state index contributed by atoms with van der Waals surface area (Å²) >= 11 is 7.00. The van der Waals surface area contributed by atoms with Crippen LogP contribution in [-0.2, 0) is 0 Å². The summed E-state index contributed by atoms with van der Waals surface area (Å²) in [6.45, 7) is 0.138. The van der Waals surface area contributed by atoms with Crippen LogP contribution in [0.5, 0.6) is 0 Å². The van der Waals surface area contributed by atoms with Crippen molar-refractivity contribution in [1.82, 2.24) is 9.97 Å². The van der Waals surface area contributed by atoms with Gasteiger partial charge in [0.1, 0.15) is 10.2 Å². The number of aliphatic hydroxyl groups is 1. The fourth-order valence-electron chi connectivity index (χ4n) is 0.545. The summed E-state index contributed by atoms with van der Waals surface area (Å²) in [4.78, 5) is 7.81. The molecule has 0 bridgehead atoms. The Labute approximate surface area is 73.8 Å². The second-order valence-electron chi connectivity index (χ2n) is 1.75. The van der Waals surface area contributed by atoms with Crippen LogP contribution < -0.4 is 0 Å². The third kappa shape index (κ3) is 3.05. The Morgan fingerprint density at radius 2 is 2.36 bits per heavy atom. The summed E-state index contributed by atoms with van der Waals surface area (Å²) in [5.41, 5.74) is 0. The first kappa shape index (κ1) is 8.77. The molecule has 0 aliphatic carbocycles. The van der Waals surface area contributed by atoms with Gasteiger partial charge in [0.05, 0.1) is 19.0 Å². The highest BCUT2D eigenvalue weighted by Gasteiger charge is 1.95. The number of thioether (sulfide) groups is 1. The van der Waals surface area contributed by atoms with Gasteiger partial charge in [-0.15, -0.1) is 11.8 Å². The molecule has 0 amide bonds. The molecule has 1 N–H and O–H groups in total. The van der Waals surface area contributed by atoms with Gasteiger partial charge in [0.15, 0.2) is 0 Å². The van der Waals surface area contributed by atoms with Gasteiger partial charge in [0.2, 0.25) is 0 Å². The number of halogens is 1. The van der Waals surface area contributed by atoms with E-state index < -0.39 is 0 Å². The Morgan fingerprint density at radius 3 is 3.00 bits per heavy atom. The SMILES string of the molecule is OCCSc1cncc(Cl)n1. The molecule has 1 aromatic rings. The van der Waals surface area contributed by atoms with Crippen molar-refractivity contribution in [3.05, 3.63) is 17.5 Å². The molecule has 60 valence electrons. The molecule has 0 fully saturated rings. The van der Waals surface area contributed by atoms with Crippen molar-refractivity contribution >= 4 is 23.4 Å². The molecule has 0 aliphatic rings. The Morgan fingerprint density at radius 1 is 1.55 bits per heavy atom. The van der Waals surface area contributed by atoms with Crippen molar-refractivity contribution < 1.29 is 5.11 Å². The first-order valence-corrected chi connectivity index (χ1v) is 4.40. The Bertz CT molecular complexity index is 234. The first-order valence-electron chi connectivity index (χ1n) is 3.04. The molecular weight excluding hydrogens is 184 g/mol. The second kappa shape index (κ2) is 4.54. The van der Waals surface area contributed by atoms with E-state index in [4.69, 9.17) is 16.7 Å². The van der Waals surface area contributed by atoms with Crippen LogP contribution in [0.3, 0.4) is 0 Å². The number of hydrogen-bond donors (Lipinski definition) is 1. The van der Waals surface area contributed by atoms with E-state index in [1.165, 1.54) is 18.0 Å². The van der Waals surface area contributed by atoms with Crippen LogP contribution in [0.1, 0.15) is 0 Å². The molecule has 0 saturated heterocycles. The highest BCUT2D eigenvalue weighted by molar-refractivity contribution is 7.99. The predicted molar refractivity (Wildman–Crippen MR) is 44.9 cm³/mol. The molecule has 0 aromatic carbocycles. The lowest BCUT2D eigenvalue weighted by Gasteiger charge is -1.96. The summed E-state index contributed by atoms with van der Waals surface area (Å²) in [7, 11) is 0. The van der Waals surface area contributed by atoms with Gasteiger partial charge in [0.25, 0.3) is 0 Å². The summed E-state index contributed by atoms with van der Waals surface area (Å²) in [6.07, 6.45) is 3.09. The maximum atomic E-state index is 8.49. The second-order valence-corrected chi connectivity index (χ2v) is 3.25. The molecule has 1 rings (SSSR count). The van der Waals surface area contributed by atoms with Gasteiger partial charge in [-0.1, -0.05) is 11.6 Å². The van der Waals surface area contributed by atoms with E-state index in [-0.39, 0.29) is 6.61 Å². The van der Waals surface area contributed by atoms with E-state index in [2.05, 4.69) is 9.97 Å². The topological polar surface area (TPSA) is 46.0 Å². The van der Waals surface area contributed by atoms with Gasteiger partial charge in [-0.3, -0.25) is 4.98 Å². The molecule has 1 aromatic heterocycles. The van der Waals surface area contributed by atoms with Crippen molar-refractivity contribution in [3.8, 4) is 0 Å². The smallest absolute Gasteiger partial charge is 0.148 e. The van der Waals surface area contributed by atoms with Crippen LogP contribution in [0, 0.1) is 0 Å². The lowest BCUT2D eigenvalue weighted by molar-refractivity contribution is 0.322. The van der Waals surface area contributed by atoms with E-state index in [1.54, 1.807) is 6.20 Å². The van der Waals surface area contributed by atoms with Crippen molar-refractivity contribution in [2.75, 3.05) is 12.4 Å². The minimum atomic E-state index is 0.138. The highest BCUT2D eigenvalue weighted by atomic mass is 35.5. The van der Waals surface area contributed by atoms with Crippen molar-refractivity contribution in [1.29, 1.82) is 0 Å². The van der Waals surface area contributed by atoms with Crippen LogP contribution in [0.2, 0.25) is 5.15 Å². The fourth-order valence-corrected chi connectivity index (χ4v) is 1.34. The molecule has 0 atom stereocenters. The molecule has 0 saturated carbocycles. The van der Waals surface area contributed by atoms with Crippen molar-refractivity contribution in [2.24, 2.45) is 0 Å². The Kier molecular flexibility index (Phi) is 3.62. The highest BCUT2D eigenvalue weighted by Crippen LogP contribution is 2.14. The molecule has 0 spiro atoms. The monoisotopic (exact) mass is 190 g/mol. The van der Waals surface area contributed by atoms with E-state index in [0.717, 1.165) is 5.03 Å². The quantitative estimate of drug-likeness (QED) is 0.728. The standard InChI is InChI=1S/C6H7ClN2OS/c7-5-3-8-4-6(9-5)11-2-1-10/h3-4,10H,1-2H2. The van der Waals surface area contributed by atoms with Gasteiger partial charge in [0, 0.05) is 5.75 Å². The largest absolute Gasteiger partial charge is 0.396 e. The molecule has 5 heteroatoms. The average molecular weight is 191 g/mol. The van der Waals surface area contributed by atoms with Gasteiger partial charge in [-0.05, 0) is 0 Å². The van der Waals surface area contributed by atoms with E-state index >= 15 is 0 Å². The number of rotatable bonds is 3. The van der Waals surface area contributed by atoms with Crippen LogP contribution in [0.25, 0.3) is 0 Å². The zero-order chi connectivity index (χ0) is 8.10. The van der Waals surface area contributed by atoms with Crippen LogP contribution in [0.15, 0.2) is 17.4 Å². The summed E-state index contributed by atoms with van der Waals surface area (Å²) < 4.78 is 0. The summed E-state index contributed by atoms with van der Waals surface area (Å²) in [5.74, 6) is 0.620. The Hall–Kier alpha value is -0.320. The van der Waals surface area contributed by atoms with E-state index in [0.29, 0.717) is 10.9 Å². The molecule has 0 aliphatic heterocycles. The van der Waals surface area contributed by atoms with E-state index in [9.17, 15) is 0 Å². The third-order valence-corrected chi connectivity index (χ3v) is 1.99. The van der Waals surface area contributed by atoms with Gasteiger partial charge in [-0.25, -0.2) is 4.98 Å². The molecule has 3 nitrogen and oxygen atoms in total. The number of hydrogen-bond acceptors (Lipinski definition) is 4. The molecule has 11 heavy (non-hydrogen) atoms. The van der Waals surface area contributed by atoms with Gasteiger partial charge in [-0.2, -0.15) is 0 Å². The maximum Gasteiger partial charge on any atom is 0.148 e. The van der Waals surface area contributed by atoms with Gasteiger partial charge < -0.3 is 5.11 Å². The number of nitrogens with zero attached hydrogens (tertiary/aromatic N) is 2. The maximum absolute atomic E-state index is 8.49. The lowest BCUT2D eigenvalue weighted by atomic mass is 10.8. The van der Waals surface area contributed by atoms with Crippen LogP contribution in [-0.4, -0.2) is 27.4 Å². The van der Waals surface area contributed by atoms with Crippen LogP contribution in [0.4, 0.5) is 0 Å².